The number of carbonyl (C=O) groups excluding carboxylic acids is 1. The number of sulfonamides is 1. The minimum Gasteiger partial charge on any atom is -0.490 e. The van der Waals surface area contributed by atoms with Gasteiger partial charge in [0.25, 0.3) is 15.9 Å². The number of likely N-dealkylation sites (N-methyl/N-ethyl adjacent to an activating group) is 1. The Balaban J connectivity index is 1.62. The second kappa shape index (κ2) is 17.1. The highest BCUT2D eigenvalue weighted by atomic mass is 32.2. The molecule has 4 atom stereocenters. The highest BCUT2D eigenvalue weighted by Crippen LogP contribution is 2.29. The van der Waals surface area contributed by atoms with Gasteiger partial charge in [-0.25, -0.2) is 17.6 Å². The SMILES string of the molecule is C[C@@H]1CN([C@@H](C)CO)C(=O)c2cc(NS(=O)(=O)c3ccc(F)cc3)ccc2O[C@@H](C)CCCCO[C@@H]1CN(C)Cc1ccc(C(=O)O)cc1. The summed E-state index contributed by atoms with van der Waals surface area (Å²) in [4.78, 5) is 29.1. The number of carbonyl (C=O) groups is 2. The predicted molar refractivity (Wildman–Crippen MR) is 184 cm³/mol. The van der Waals surface area contributed by atoms with Gasteiger partial charge in [-0.05, 0) is 100 Å². The number of amides is 1. The van der Waals surface area contributed by atoms with Crippen molar-refractivity contribution >= 4 is 27.6 Å². The molecule has 0 bridgehead atoms. The average molecular weight is 700 g/mol. The van der Waals surface area contributed by atoms with Crippen molar-refractivity contribution in [3.05, 3.63) is 89.2 Å². The Morgan fingerprint density at radius 1 is 1.08 bits per heavy atom. The molecule has 3 N–H and O–H groups in total. The third-order valence-corrected chi connectivity index (χ3v) is 9.97. The number of carboxylic acid groups (broad SMARTS) is 1. The molecule has 0 unspecified atom stereocenters. The summed E-state index contributed by atoms with van der Waals surface area (Å²) in [6.07, 6.45) is 1.77. The quantitative estimate of drug-likeness (QED) is 0.258. The van der Waals surface area contributed by atoms with Crippen LogP contribution >= 0.6 is 0 Å². The van der Waals surface area contributed by atoms with Crippen molar-refractivity contribution in [2.24, 2.45) is 5.92 Å². The van der Waals surface area contributed by atoms with E-state index in [2.05, 4.69) is 9.62 Å². The van der Waals surface area contributed by atoms with Gasteiger partial charge in [-0.3, -0.25) is 14.4 Å². The van der Waals surface area contributed by atoms with Crippen molar-refractivity contribution in [2.75, 3.05) is 38.1 Å². The summed E-state index contributed by atoms with van der Waals surface area (Å²) >= 11 is 0. The van der Waals surface area contributed by atoms with Crippen LogP contribution in [0.15, 0.2) is 71.6 Å². The number of nitrogens with one attached hydrogen (secondary N) is 1. The number of aliphatic hydroxyl groups is 1. The van der Waals surface area contributed by atoms with Crippen LogP contribution in [0.5, 0.6) is 5.75 Å². The van der Waals surface area contributed by atoms with E-state index >= 15 is 0 Å². The largest absolute Gasteiger partial charge is 0.490 e. The van der Waals surface area contributed by atoms with Gasteiger partial charge in [0.15, 0.2) is 0 Å². The molecule has 49 heavy (non-hydrogen) atoms. The minimum absolute atomic E-state index is 0.123. The third kappa shape index (κ3) is 10.5. The molecule has 11 nitrogen and oxygen atoms in total. The average Bonchev–Trinajstić information content (AvgIpc) is 3.06. The highest BCUT2D eigenvalue weighted by molar-refractivity contribution is 7.92. The van der Waals surface area contributed by atoms with Crippen molar-refractivity contribution < 1.29 is 42.1 Å². The highest BCUT2D eigenvalue weighted by Gasteiger charge is 2.31. The van der Waals surface area contributed by atoms with E-state index in [1.54, 1.807) is 42.2 Å². The summed E-state index contributed by atoms with van der Waals surface area (Å²) < 4.78 is 54.8. The Labute approximate surface area is 287 Å². The van der Waals surface area contributed by atoms with Crippen LogP contribution < -0.4 is 9.46 Å². The van der Waals surface area contributed by atoms with Gasteiger partial charge in [0, 0.05) is 37.8 Å². The smallest absolute Gasteiger partial charge is 0.335 e. The maximum atomic E-state index is 14.4. The molecule has 3 aromatic carbocycles. The summed E-state index contributed by atoms with van der Waals surface area (Å²) in [5.74, 6) is -1.88. The number of nitrogens with zero attached hydrogens (tertiary/aromatic N) is 2. The van der Waals surface area contributed by atoms with Crippen molar-refractivity contribution in [2.45, 2.75) is 69.7 Å². The van der Waals surface area contributed by atoms with E-state index in [0.717, 1.165) is 42.7 Å². The van der Waals surface area contributed by atoms with Crippen LogP contribution in [0, 0.1) is 11.7 Å². The van der Waals surface area contributed by atoms with Crippen LogP contribution in [0.2, 0.25) is 0 Å². The lowest BCUT2D eigenvalue weighted by atomic mass is 10.0. The van der Waals surface area contributed by atoms with Crippen molar-refractivity contribution in [3.8, 4) is 5.75 Å². The Bertz CT molecular complexity index is 1670. The number of aromatic carboxylic acids is 1. The maximum Gasteiger partial charge on any atom is 0.335 e. The number of ether oxygens (including phenoxy) is 2. The molecule has 266 valence electrons. The normalized spacial score (nSPS) is 20.2. The number of halogens is 1. The molecule has 0 spiro atoms. The summed E-state index contributed by atoms with van der Waals surface area (Å²) in [5, 5.41) is 19.4. The lowest BCUT2D eigenvalue weighted by Crippen LogP contribution is -2.47. The number of anilines is 1. The van der Waals surface area contributed by atoms with Crippen LogP contribution in [0.4, 0.5) is 10.1 Å². The molecule has 4 rings (SSSR count). The van der Waals surface area contributed by atoms with Crippen molar-refractivity contribution in [1.82, 2.24) is 9.80 Å². The molecule has 1 aliphatic heterocycles. The molecule has 0 aromatic heterocycles. The topological polar surface area (TPSA) is 146 Å². The molecular weight excluding hydrogens is 653 g/mol. The van der Waals surface area contributed by atoms with Crippen LogP contribution in [0.1, 0.15) is 66.3 Å². The maximum absolute atomic E-state index is 14.4. The molecule has 13 heteroatoms. The number of fused-ring (bicyclic) bond motifs is 1. The van der Waals surface area contributed by atoms with E-state index in [1.807, 2.05) is 20.9 Å². The zero-order chi connectivity index (χ0) is 35.7. The molecule has 0 fully saturated rings. The van der Waals surface area contributed by atoms with Crippen molar-refractivity contribution in [1.29, 1.82) is 0 Å². The Morgan fingerprint density at radius 2 is 1.78 bits per heavy atom. The van der Waals surface area contributed by atoms with E-state index in [1.165, 1.54) is 12.1 Å². The molecule has 1 aliphatic rings. The number of rotatable bonds is 10. The first-order chi connectivity index (χ1) is 23.3. The van der Waals surface area contributed by atoms with Gasteiger partial charge in [-0.1, -0.05) is 19.1 Å². The van der Waals surface area contributed by atoms with E-state index in [4.69, 9.17) is 9.47 Å². The van der Waals surface area contributed by atoms with Gasteiger partial charge in [0.2, 0.25) is 0 Å². The lowest BCUT2D eigenvalue weighted by molar-refractivity contribution is -0.0177. The monoisotopic (exact) mass is 699 g/mol. The Kier molecular flexibility index (Phi) is 13.2. The second-order valence-electron chi connectivity index (χ2n) is 12.8. The molecule has 3 aromatic rings. The molecule has 0 aliphatic carbocycles. The molecular formula is C36H46FN3O8S. The summed E-state index contributed by atoms with van der Waals surface area (Å²) in [5.41, 5.74) is 1.42. The fraction of sp³-hybridized carbons (Fsp3) is 0.444. The Morgan fingerprint density at radius 3 is 2.43 bits per heavy atom. The van der Waals surface area contributed by atoms with Gasteiger partial charge < -0.3 is 24.6 Å². The van der Waals surface area contributed by atoms with Gasteiger partial charge in [0.1, 0.15) is 11.6 Å². The predicted octanol–water partition coefficient (Wildman–Crippen LogP) is 5.25. The second-order valence-corrected chi connectivity index (χ2v) is 14.5. The molecule has 0 saturated heterocycles. The van der Waals surface area contributed by atoms with Crippen LogP contribution in [0.3, 0.4) is 0 Å². The van der Waals surface area contributed by atoms with Gasteiger partial charge in [-0.2, -0.15) is 0 Å². The Hall–Kier alpha value is -4.04. The lowest BCUT2D eigenvalue weighted by Gasteiger charge is -2.36. The number of hydrogen-bond donors (Lipinski definition) is 3. The standard InChI is InChI=1S/C36H46FN3O8S/c1-24-20-40(25(2)23-41)35(42)32-19-30(38-49(45,46)31-15-12-29(37)13-16-31)14-17-33(32)48-26(3)7-5-6-18-47-34(24)22-39(4)21-27-8-10-28(11-9-27)36(43)44/h8-17,19,24-26,34,38,41H,5-7,18,20-23H2,1-4H3,(H,43,44)/t24-,25+,26+,34-/m1/s1. The first-order valence-electron chi connectivity index (χ1n) is 16.4. The fourth-order valence-corrected chi connectivity index (χ4v) is 6.76. The van der Waals surface area contributed by atoms with Crippen molar-refractivity contribution in [3.63, 3.8) is 0 Å². The first kappa shape index (κ1) is 37.8. The molecule has 0 saturated carbocycles. The number of carboxylic acids is 1. The van der Waals surface area contributed by atoms with E-state index in [0.29, 0.717) is 31.9 Å². The van der Waals surface area contributed by atoms with Gasteiger partial charge >= 0.3 is 5.97 Å². The number of hydrogen-bond acceptors (Lipinski definition) is 8. The van der Waals surface area contributed by atoms with Gasteiger partial charge in [0.05, 0.1) is 40.9 Å². The van der Waals surface area contributed by atoms with E-state index < -0.39 is 33.8 Å². The zero-order valence-electron chi connectivity index (χ0n) is 28.3. The number of benzene rings is 3. The first-order valence-corrected chi connectivity index (χ1v) is 17.9. The fourth-order valence-electron chi connectivity index (χ4n) is 5.71. The zero-order valence-corrected chi connectivity index (χ0v) is 29.2. The summed E-state index contributed by atoms with van der Waals surface area (Å²) in [7, 11) is -2.14. The van der Waals surface area contributed by atoms with E-state index in [9.17, 15) is 32.6 Å². The van der Waals surface area contributed by atoms with Crippen LogP contribution in [-0.4, -0.2) is 91.9 Å². The van der Waals surface area contributed by atoms with Crippen LogP contribution in [0.25, 0.3) is 0 Å². The van der Waals surface area contributed by atoms with E-state index in [-0.39, 0.29) is 53.0 Å². The molecule has 1 amide bonds. The third-order valence-electron chi connectivity index (χ3n) is 8.57. The molecule has 0 radical (unpaired) electrons. The van der Waals surface area contributed by atoms with Gasteiger partial charge in [-0.15, -0.1) is 0 Å². The summed E-state index contributed by atoms with van der Waals surface area (Å²) in [6.45, 7) is 7.16. The summed E-state index contributed by atoms with van der Waals surface area (Å²) in [6, 6.07) is 15.1. The van der Waals surface area contributed by atoms with Crippen LogP contribution in [-0.2, 0) is 21.3 Å². The molecule has 1 heterocycles. The number of aliphatic hydroxyl groups excluding tert-OH is 1. The minimum atomic E-state index is -4.09.